The van der Waals surface area contributed by atoms with Gasteiger partial charge in [-0.05, 0) is 13.8 Å². The standard InChI is InChI=1S/C11H19N5O.ClH/c1-9-8-16(10(2)7-12-9)11(17)3-5-15-6-4-13-14-15;/h4,6,9-10,12H,3,5,7-8H2,1-2H3;1H. The molecule has 1 aromatic rings. The number of halogens is 1. The van der Waals surface area contributed by atoms with Crippen molar-refractivity contribution < 1.29 is 4.79 Å². The lowest BCUT2D eigenvalue weighted by Crippen LogP contribution is -2.56. The van der Waals surface area contributed by atoms with E-state index in [9.17, 15) is 4.79 Å². The topological polar surface area (TPSA) is 63.1 Å². The molecule has 102 valence electrons. The molecule has 0 aromatic carbocycles. The lowest BCUT2D eigenvalue weighted by molar-refractivity contribution is -0.134. The van der Waals surface area contributed by atoms with Crippen molar-refractivity contribution in [2.45, 2.75) is 38.9 Å². The third-order valence-electron chi connectivity index (χ3n) is 3.11. The zero-order valence-corrected chi connectivity index (χ0v) is 11.6. The van der Waals surface area contributed by atoms with Gasteiger partial charge < -0.3 is 10.2 Å². The number of carbonyl (C=O) groups is 1. The molecule has 7 heteroatoms. The Balaban J connectivity index is 0.00000162. The second-order valence-electron chi connectivity index (χ2n) is 4.62. The summed E-state index contributed by atoms with van der Waals surface area (Å²) >= 11 is 0. The summed E-state index contributed by atoms with van der Waals surface area (Å²) in [5.41, 5.74) is 0. The van der Waals surface area contributed by atoms with Crippen LogP contribution in [-0.4, -0.2) is 51.0 Å². The predicted octanol–water partition coefficient (Wildman–Crippen LogP) is 0.299. The van der Waals surface area contributed by atoms with Gasteiger partial charge in [-0.1, -0.05) is 5.21 Å². The van der Waals surface area contributed by atoms with Crippen LogP contribution < -0.4 is 5.32 Å². The Hall–Kier alpha value is -1.14. The van der Waals surface area contributed by atoms with E-state index in [4.69, 9.17) is 0 Å². The Morgan fingerprint density at radius 2 is 2.28 bits per heavy atom. The lowest BCUT2D eigenvalue weighted by atomic mass is 10.1. The Morgan fingerprint density at radius 3 is 2.94 bits per heavy atom. The molecule has 0 bridgehead atoms. The van der Waals surface area contributed by atoms with E-state index in [0.29, 0.717) is 19.0 Å². The monoisotopic (exact) mass is 273 g/mol. The van der Waals surface area contributed by atoms with Gasteiger partial charge in [-0.3, -0.25) is 9.48 Å². The van der Waals surface area contributed by atoms with Crippen LogP contribution in [0.15, 0.2) is 12.4 Å². The van der Waals surface area contributed by atoms with Crippen LogP contribution in [0.25, 0.3) is 0 Å². The number of hydrogen-bond donors (Lipinski definition) is 1. The van der Waals surface area contributed by atoms with Crippen LogP contribution in [0.1, 0.15) is 20.3 Å². The van der Waals surface area contributed by atoms with Gasteiger partial charge in [-0.25, -0.2) is 0 Å². The zero-order valence-electron chi connectivity index (χ0n) is 10.7. The number of nitrogens with one attached hydrogen (secondary N) is 1. The molecule has 0 spiro atoms. The summed E-state index contributed by atoms with van der Waals surface area (Å²) in [7, 11) is 0. The van der Waals surface area contributed by atoms with Crippen LogP contribution in [0.4, 0.5) is 0 Å². The molecule has 0 radical (unpaired) electrons. The van der Waals surface area contributed by atoms with Crippen molar-refractivity contribution in [2.24, 2.45) is 0 Å². The van der Waals surface area contributed by atoms with Gasteiger partial charge in [0.05, 0.1) is 12.7 Å². The first-order chi connectivity index (χ1) is 8.16. The van der Waals surface area contributed by atoms with Crippen molar-refractivity contribution in [3.8, 4) is 0 Å². The van der Waals surface area contributed by atoms with Gasteiger partial charge in [0.2, 0.25) is 5.91 Å². The van der Waals surface area contributed by atoms with Crippen LogP contribution in [0.2, 0.25) is 0 Å². The quantitative estimate of drug-likeness (QED) is 0.860. The van der Waals surface area contributed by atoms with Gasteiger partial charge >= 0.3 is 0 Å². The van der Waals surface area contributed by atoms with E-state index in [1.807, 2.05) is 4.90 Å². The number of amides is 1. The number of aryl methyl sites for hydroxylation is 1. The summed E-state index contributed by atoms with van der Waals surface area (Å²) < 4.78 is 1.69. The highest BCUT2D eigenvalue weighted by atomic mass is 35.5. The summed E-state index contributed by atoms with van der Waals surface area (Å²) in [6.45, 7) is 6.44. The number of rotatable bonds is 3. The van der Waals surface area contributed by atoms with Crippen LogP contribution in [0.3, 0.4) is 0 Å². The van der Waals surface area contributed by atoms with E-state index in [2.05, 4.69) is 29.5 Å². The molecule has 1 fully saturated rings. The molecule has 1 saturated heterocycles. The van der Waals surface area contributed by atoms with E-state index in [1.165, 1.54) is 0 Å². The molecule has 6 nitrogen and oxygen atoms in total. The molecule has 2 heterocycles. The normalized spacial score (nSPS) is 23.6. The first-order valence-corrected chi connectivity index (χ1v) is 6.04. The number of hydrogen-bond acceptors (Lipinski definition) is 4. The highest BCUT2D eigenvalue weighted by molar-refractivity contribution is 5.85. The van der Waals surface area contributed by atoms with E-state index in [0.717, 1.165) is 13.1 Å². The Bertz CT molecular complexity index is 370. The van der Waals surface area contributed by atoms with E-state index in [-0.39, 0.29) is 24.4 Å². The largest absolute Gasteiger partial charge is 0.337 e. The molecule has 1 aliphatic rings. The van der Waals surface area contributed by atoms with Crippen LogP contribution in [0, 0.1) is 0 Å². The second kappa shape index (κ2) is 6.70. The Labute approximate surface area is 113 Å². The van der Waals surface area contributed by atoms with Gasteiger partial charge in [0.1, 0.15) is 0 Å². The van der Waals surface area contributed by atoms with Crippen LogP contribution >= 0.6 is 12.4 Å². The van der Waals surface area contributed by atoms with E-state index >= 15 is 0 Å². The first kappa shape index (κ1) is 14.9. The molecule has 2 rings (SSSR count). The van der Waals surface area contributed by atoms with Crippen LogP contribution in [0.5, 0.6) is 0 Å². The number of piperazine rings is 1. The minimum absolute atomic E-state index is 0. The SMILES string of the molecule is CC1CN(C(=O)CCn2ccnn2)C(C)CN1.Cl. The van der Waals surface area contributed by atoms with Crippen molar-refractivity contribution in [1.29, 1.82) is 0 Å². The maximum Gasteiger partial charge on any atom is 0.224 e. The molecule has 1 N–H and O–H groups in total. The van der Waals surface area contributed by atoms with Gasteiger partial charge in [-0.2, -0.15) is 0 Å². The second-order valence-corrected chi connectivity index (χ2v) is 4.62. The molecule has 0 saturated carbocycles. The fraction of sp³-hybridized carbons (Fsp3) is 0.727. The minimum Gasteiger partial charge on any atom is -0.337 e. The Morgan fingerprint density at radius 1 is 1.50 bits per heavy atom. The maximum absolute atomic E-state index is 12.1. The number of carbonyl (C=O) groups excluding carboxylic acids is 1. The van der Waals surface area contributed by atoms with Gasteiger partial charge in [-0.15, -0.1) is 17.5 Å². The fourth-order valence-electron chi connectivity index (χ4n) is 2.07. The molecular formula is C11H20ClN5O. The van der Waals surface area contributed by atoms with Crippen LogP contribution in [-0.2, 0) is 11.3 Å². The van der Waals surface area contributed by atoms with E-state index < -0.39 is 0 Å². The minimum atomic E-state index is 0. The van der Waals surface area contributed by atoms with Gasteiger partial charge in [0.15, 0.2) is 0 Å². The Kier molecular flexibility index (Phi) is 5.55. The van der Waals surface area contributed by atoms with Crippen molar-refractivity contribution in [3.05, 3.63) is 12.4 Å². The average molecular weight is 274 g/mol. The predicted molar refractivity (Wildman–Crippen MR) is 70.5 cm³/mol. The molecular weight excluding hydrogens is 254 g/mol. The summed E-state index contributed by atoms with van der Waals surface area (Å²) in [5, 5.41) is 10.9. The third kappa shape index (κ3) is 3.68. The van der Waals surface area contributed by atoms with Crippen molar-refractivity contribution in [1.82, 2.24) is 25.2 Å². The third-order valence-corrected chi connectivity index (χ3v) is 3.11. The lowest BCUT2D eigenvalue weighted by Gasteiger charge is -2.37. The highest BCUT2D eigenvalue weighted by Crippen LogP contribution is 2.08. The molecule has 18 heavy (non-hydrogen) atoms. The molecule has 1 aromatic heterocycles. The van der Waals surface area contributed by atoms with Gasteiger partial charge in [0, 0.05) is 37.8 Å². The molecule has 2 atom stereocenters. The summed E-state index contributed by atoms with van der Waals surface area (Å²) in [6.07, 6.45) is 3.89. The first-order valence-electron chi connectivity index (χ1n) is 6.04. The average Bonchev–Trinajstić information content (AvgIpc) is 2.82. The van der Waals surface area contributed by atoms with Crippen molar-refractivity contribution in [2.75, 3.05) is 13.1 Å². The molecule has 1 aliphatic heterocycles. The van der Waals surface area contributed by atoms with Gasteiger partial charge in [0.25, 0.3) is 0 Å². The summed E-state index contributed by atoms with van der Waals surface area (Å²) in [4.78, 5) is 14.0. The van der Waals surface area contributed by atoms with Crippen molar-refractivity contribution in [3.63, 3.8) is 0 Å². The zero-order chi connectivity index (χ0) is 12.3. The fourth-order valence-corrected chi connectivity index (χ4v) is 2.07. The maximum atomic E-state index is 12.1. The van der Waals surface area contributed by atoms with E-state index in [1.54, 1.807) is 17.1 Å². The number of aromatic nitrogens is 3. The molecule has 1 amide bonds. The molecule has 2 unspecified atom stereocenters. The molecule has 0 aliphatic carbocycles. The van der Waals surface area contributed by atoms with Crippen molar-refractivity contribution >= 4 is 18.3 Å². The smallest absolute Gasteiger partial charge is 0.224 e. The summed E-state index contributed by atoms with van der Waals surface area (Å²) in [6, 6.07) is 0.649. The highest BCUT2D eigenvalue weighted by Gasteiger charge is 2.25. The summed E-state index contributed by atoms with van der Waals surface area (Å²) in [5.74, 6) is 0.196. The number of nitrogens with zero attached hydrogens (tertiary/aromatic N) is 4.